The Kier molecular flexibility index (Phi) is 7.77. The van der Waals surface area contributed by atoms with Crippen LogP contribution in [0.5, 0.6) is 0 Å². The van der Waals surface area contributed by atoms with Gasteiger partial charge >= 0.3 is 5.97 Å². The molecule has 0 saturated heterocycles. The molecule has 1 aromatic carbocycles. The van der Waals surface area contributed by atoms with Crippen LogP contribution in [0.1, 0.15) is 57.9 Å². The van der Waals surface area contributed by atoms with E-state index in [0.29, 0.717) is 12.0 Å². The molecule has 24 heavy (non-hydrogen) atoms. The van der Waals surface area contributed by atoms with Crippen LogP contribution in [0.4, 0.5) is 0 Å². The maximum absolute atomic E-state index is 12.2. The molecule has 1 aromatic rings. The molecule has 0 radical (unpaired) electrons. The molecular formula is C21H33NO2. The molecule has 0 heterocycles. The van der Waals surface area contributed by atoms with Gasteiger partial charge in [-0.2, -0.15) is 0 Å². The summed E-state index contributed by atoms with van der Waals surface area (Å²) in [5.41, 5.74) is 1.37. The van der Waals surface area contributed by atoms with Crippen molar-refractivity contribution in [2.75, 3.05) is 7.11 Å². The van der Waals surface area contributed by atoms with Crippen molar-refractivity contribution in [1.29, 1.82) is 0 Å². The Bertz CT molecular complexity index is 480. The Morgan fingerprint density at radius 3 is 2.42 bits per heavy atom. The zero-order valence-electron chi connectivity index (χ0n) is 15.5. The van der Waals surface area contributed by atoms with Crippen LogP contribution in [0.25, 0.3) is 0 Å². The molecular weight excluding hydrogens is 298 g/mol. The Morgan fingerprint density at radius 1 is 1.17 bits per heavy atom. The van der Waals surface area contributed by atoms with Crippen molar-refractivity contribution in [2.45, 2.75) is 70.9 Å². The predicted molar refractivity (Wildman–Crippen MR) is 98.9 cm³/mol. The summed E-state index contributed by atoms with van der Waals surface area (Å²) < 4.78 is 5.02. The highest BCUT2D eigenvalue weighted by Gasteiger charge is 2.30. The van der Waals surface area contributed by atoms with Crippen LogP contribution in [-0.4, -0.2) is 25.2 Å². The Labute approximate surface area is 147 Å². The first-order valence-electron chi connectivity index (χ1n) is 9.49. The molecule has 0 unspecified atom stereocenters. The van der Waals surface area contributed by atoms with Crippen molar-refractivity contribution < 1.29 is 9.53 Å². The van der Waals surface area contributed by atoms with Gasteiger partial charge in [0.2, 0.25) is 0 Å². The Morgan fingerprint density at radius 2 is 1.83 bits per heavy atom. The number of nitrogens with one attached hydrogen (secondary N) is 1. The van der Waals surface area contributed by atoms with Crippen LogP contribution < -0.4 is 5.32 Å². The van der Waals surface area contributed by atoms with Gasteiger partial charge in [-0.15, -0.1) is 0 Å². The van der Waals surface area contributed by atoms with Crippen molar-refractivity contribution in [2.24, 2.45) is 11.8 Å². The highest BCUT2D eigenvalue weighted by atomic mass is 16.5. The van der Waals surface area contributed by atoms with Gasteiger partial charge in [0, 0.05) is 6.04 Å². The smallest absolute Gasteiger partial charge is 0.323 e. The SMILES string of the molecule is COC(=O)[C@@H](N[C@@H](CCc1ccccc1)C1CCCCC1)C(C)C. The number of esters is 1. The third-order valence-corrected chi connectivity index (χ3v) is 5.32. The van der Waals surface area contributed by atoms with Crippen molar-refractivity contribution in [3.63, 3.8) is 0 Å². The Balaban J connectivity index is 2.04. The third-order valence-electron chi connectivity index (χ3n) is 5.32. The second-order valence-electron chi connectivity index (χ2n) is 7.44. The fraction of sp³-hybridized carbons (Fsp3) is 0.667. The molecule has 1 N–H and O–H groups in total. The minimum atomic E-state index is -0.210. The number of hydrogen-bond donors (Lipinski definition) is 1. The summed E-state index contributed by atoms with van der Waals surface area (Å²) in [6.45, 7) is 4.17. The van der Waals surface area contributed by atoms with Gasteiger partial charge < -0.3 is 10.1 Å². The number of rotatable bonds is 8. The predicted octanol–water partition coefficient (Wildman–Crippen LogP) is 4.36. The van der Waals surface area contributed by atoms with Crippen LogP contribution in [0.3, 0.4) is 0 Å². The van der Waals surface area contributed by atoms with Crippen LogP contribution in [0, 0.1) is 11.8 Å². The van der Waals surface area contributed by atoms with Crippen molar-refractivity contribution in [3.8, 4) is 0 Å². The average Bonchev–Trinajstić information content (AvgIpc) is 2.62. The first kappa shape index (κ1) is 19.0. The van der Waals surface area contributed by atoms with Crippen LogP contribution in [0.2, 0.25) is 0 Å². The molecule has 0 spiro atoms. The minimum absolute atomic E-state index is 0.134. The molecule has 1 aliphatic rings. The third kappa shape index (κ3) is 5.62. The van der Waals surface area contributed by atoms with Gasteiger partial charge in [0.1, 0.15) is 6.04 Å². The van der Waals surface area contributed by atoms with Gasteiger partial charge in [-0.05, 0) is 43.1 Å². The van der Waals surface area contributed by atoms with Crippen molar-refractivity contribution in [3.05, 3.63) is 35.9 Å². The molecule has 2 rings (SSSR count). The zero-order chi connectivity index (χ0) is 17.4. The van der Waals surface area contributed by atoms with Gasteiger partial charge in [-0.1, -0.05) is 63.4 Å². The summed E-state index contributed by atoms with van der Waals surface area (Å²) >= 11 is 0. The van der Waals surface area contributed by atoms with Gasteiger partial charge in [-0.3, -0.25) is 4.79 Å². The lowest BCUT2D eigenvalue weighted by Crippen LogP contribution is -2.50. The summed E-state index contributed by atoms with van der Waals surface area (Å²) in [6, 6.07) is 10.8. The van der Waals surface area contributed by atoms with E-state index in [9.17, 15) is 4.79 Å². The lowest BCUT2D eigenvalue weighted by molar-refractivity contribution is -0.144. The van der Waals surface area contributed by atoms with Crippen LogP contribution in [0.15, 0.2) is 30.3 Å². The second-order valence-corrected chi connectivity index (χ2v) is 7.44. The number of ether oxygens (including phenoxy) is 1. The lowest BCUT2D eigenvalue weighted by Gasteiger charge is -2.34. The molecule has 3 heteroatoms. The van der Waals surface area contributed by atoms with Gasteiger partial charge in [-0.25, -0.2) is 0 Å². The molecule has 3 nitrogen and oxygen atoms in total. The lowest BCUT2D eigenvalue weighted by atomic mass is 9.81. The molecule has 0 aromatic heterocycles. The van der Waals surface area contributed by atoms with E-state index < -0.39 is 0 Å². The maximum Gasteiger partial charge on any atom is 0.323 e. The summed E-state index contributed by atoms with van der Waals surface area (Å²) in [5, 5.41) is 3.67. The summed E-state index contributed by atoms with van der Waals surface area (Å²) in [6.07, 6.45) is 8.68. The fourth-order valence-electron chi connectivity index (χ4n) is 3.85. The van der Waals surface area contributed by atoms with E-state index in [4.69, 9.17) is 4.74 Å². The first-order chi connectivity index (χ1) is 11.6. The number of hydrogen-bond acceptors (Lipinski definition) is 3. The second kappa shape index (κ2) is 9.83. The van der Waals surface area contributed by atoms with E-state index in [-0.39, 0.29) is 17.9 Å². The highest BCUT2D eigenvalue weighted by Crippen LogP contribution is 2.29. The molecule has 0 bridgehead atoms. The van der Waals surface area contributed by atoms with Crippen LogP contribution in [-0.2, 0) is 16.0 Å². The zero-order valence-corrected chi connectivity index (χ0v) is 15.5. The topological polar surface area (TPSA) is 38.3 Å². The summed E-state index contributed by atoms with van der Waals surface area (Å²) in [5.74, 6) is 0.777. The van der Waals surface area contributed by atoms with Gasteiger partial charge in [0.25, 0.3) is 0 Å². The van der Waals surface area contributed by atoms with Gasteiger partial charge in [0.15, 0.2) is 0 Å². The summed E-state index contributed by atoms with van der Waals surface area (Å²) in [4.78, 5) is 12.2. The van der Waals surface area contributed by atoms with Gasteiger partial charge in [0.05, 0.1) is 7.11 Å². The number of aryl methyl sites for hydroxylation is 1. The van der Waals surface area contributed by atoms with Crippen molar-refractivity contribution in [1.82, 2.24) is 5.32 Å². The fourth-order valence-corrected chi connectivity index (χ4v) is 3.85. The van der Waals surface area contributed by atoms with E-state index in [1.165, 1.54) is 44.8 Å². The number of benzene rings is 1. The number of methoxy groups -OCH3 is 1. The summed E-state index contributed by atoms with van der Waals surface area (Å²) in [7, 11) is 1.49. The normalized spacial score (nSPS) is 18.3. The van der Waals surface area contributed by atoms with E-state index in [2.05, 4.69) is 49.5 Å². The molecule has 2 atom stereocenters. The minimum Gasteiger partial charge on any atom is -0.468 e. The first-order valence-corrected chi connectivity index (χ1v) is 9.49. The Hall–Kier alpha value is -1.35. The van der Waals surface area contributed by atoms with E-state index in [0.717, 1.165) is 12.8 Å². The van der Waals surface area contributed by atoms with E-state index >= 15 is 0 Å². The molecule has 0 aliphatic heterocycles. The molecule has 1 aliphatic carbocycles. The standard InChI is InChI=1S/C21H33NO2/c1-16(2)20(21(23)24-3)22-19(18-12-8-5-9-13-18)15-14-17-10-6-4-7-11-17/h4,6-7,10-11,16,18-20,22H,5,8-9,12-15H2,1-3H3/t19-,20-/m0/s1. The molecule has 134 valence electrons. The largest absolute Gasteiger partial charge is 0.468 e. The average molecular weight is 332 g/mol. The molecule has 0 amide bonds. The highest BCUT2D eigenvalue weighted by molar-refractivity contribution is 5.76. The monoisotopic (exact) mass is 331 g/mol. The van der Waals surface area contributed by atoms with E-state index in [1.54, 1.807) is 0 Å². The number of carbonyl (C=O) groups is 1. The molecule has 1 saturated carbocycles. The molecule has 1 fully saturated rings. The maximum atomic E-state index is 12.2. The number of carbonyl (C=O) groups excluding carboxylic acids is 1. The van der Waals surface area contributed by atoms with Crippen LogP contribution >= 0.6 is 0 Å². The quantitative estimate of drug-likeness (QED) is 0.720. The van der Waals surface area contributed by atoms with E-state index in [1.807, 2.05) is 0 Å². The van der Waals surface area contributed by atoms with Crippen molar-refractivity contribution >= 4 is 5.97 Å².